The maximum atomic E-state index is 5.47. The summed E-state index contributed by atoms with van der Waals surface area (Å²) in [6.45, 7) is 3.82. The Morgan fingerprint density at radius 3 is 2.65 bits per heavy atom. The normalized spacial score (nSPS) is 16.1. The van der Waals surface area contributed by atoms with E-state index in [-0.39, 0.29) is 6.04 Å². The van der Waals surface area contributed by atoms with Crippen molar-refractivity contribution in [3.05, 3.63) is 35.6 Å². The molecule has 2 rings (SSSR count). The Labute approximate surface area is 120 Å². The molecule has 4 heteroatoms. The number of hydrogen-bond donors (Lipinski definition) is 1. The van der Waals surface area contributed by atoms with Crippen molar-refractivity contribution in [1.29, 1.82) is 0 Å². The fraction of sp³-hybridized carbons (Fsp3) is 0.500. The monoisotopic (exact) mass is 277 g/mol. The molecule has 20 heavy (non-hydrogen) atoms. The molecule has 1 unspecified atom stereocenters. The summed E-state index contributed by atoms with van der Waals surface area (Å²) in [5.41, 5.74) is 2.45. The Morgan fingerprint density at radius 2 is 2.05 bits per heavy atom. The third-order valence-corrected chi connectivity index (χ3v) is 3.48. The summed E-state index contributed by atoms with van der Waals surface area (Å²) in [6.07, 6.45) is 4.03. The fourth-order valence-corrected chi connectivity index (χ4v) is 2.50. The minimum atomic E-state index is 0.167. The zero-order valence-corrected chi connectivity index (χ0v) is 12.4. The quantitative estimate of drug-likeness (QED) is 0.867. The van der Waals surface area contributed by atoms with Gasteiger partial charge in [-0.15, -0.1) is 0 Å². The van der Waals surface area contributed by atoms with Gasteiger partial charge in [0.05, 0.1) is 33.1 Å². The second-order valence-electron chi connectivity index (χ2n) is 4.77. The van der Waals surface area contributed by atoms with Gasteiger partial charge in [-0.3, -0.25) is 0 Å². The van der Waals surface area contributed by atoms with Gasteiger partial charge < -0.3 is 19.5 Å². The summed E-state index contributed by atoms with van der Waals surface area (Å²) >= 11 is 0. The molecule has 0 radical (unpaired) electrons. The van der Waals surface area contributed by atoms with Crippen LogP contribution in [-0.2, 0) is 4.74 Å². The Morgan fingerprint density at radius 1 is 1.25 bits per heavy atom. The van der Waals surface area contributed by atoms with Crippen molar-refractivity contribution in [2.75, 3.05) is 27.4 Å². The number of nitrogens with one attached hydrogen (secondary N) is 1. The standard InChI is InChI=1S/C16H23NO3/c1-4-17-16(13-6-5-9-20-11-13)12-7-8-14(18-2)15(10-12)19-3/h7-8,10-11,16-17H,4-6,9H2,1-3H3. The highest BCUT2D eigenvalue weighted by Gasteiger charge is 2.19. The summed E-state index contributed by atoms with van der Waals surface area (Å²) in [5.74, 6) is 1.51. The average Bonchev–Trinajstić information content (AvgIpc) is 2.52. The van der Waals surface area contributed by atoms with Crippen LogP contribution in [0.4, 0.5) is 0 Å². The second kappa shape index (κ2) is 7.20. The van der Waals surface area contributed by atoms with Crippen LogP contribution in [0.2, 0.25) is 0 Å². The molecule has 1 aromatic carbocycles. The molecule has 1 aliphatic rings. The highest BCUT2D eigenvalue weighted by atomic mass is 16.5. The highest BCUT2D eigenvalue weighted by Crippen LogP contribution is 2.34. The third-order valence-electron chi connectivity index (χ3n) is 3.48. The van der Waals surface area contributed by atoms with E-state index in [9.17, 15) is 0 Å². The van der Waals surface area contributed by atoms with E-state index >= 15 is 0 Å². The van der Waals surface area contributed by atoms with Crippen LogP contribution in [0.3, 0.4) is 0 Å². The van der Waals surface area contributed by atoms with Crippen LogP contribution >= 0.6 is 0 Å². The van der Waals surface area contributed by atoms with Gasteiger partial charge in [-0.05, 0) is 42.7 Å². The summed E-state index contributed by atoms with van der Waals surface area (Å²) < 4.78 is 16.2. The number of ether oxygens (including phenoxy) is 3. The third kappa shape index (κ3) is 3.25. The molecule has 0 aliphatic carbocycles. The topological polar surface area (TPSA) is 39.7 Å². The smallest absolute Gasteiger partial charge is 0.161 e. The molecule has 0 bridgehead atoms. The van der Waals surface area contributed by atoms with Gasteiger partial charge in [-0.25, -0.2) is 0 Å². The molecule has 110 valence electrons. The first-order chi connectivity index (χ1) is 9.80. The first-order valence-corrected chi connectivity index (χ1v) is 7.06. The molecule has 1 N–H and O–H groups in total. The first kappa shape index (κ1) is 14.7. The molecule has 1 aromatic rings. The number of likely N-dealkylation sites (N-methyl/N-ethyl adjacent to an activating group) is 1. The van der Waals surface area contributed by atoms with E-state index in [0.29, 0.717) is 0 Å². The van der Waals surface area contributed by atoms with Crippen molar-refractivity contribution in [2.45, 2.75) is 25.8 Å². The molecule has 0 saturated carbocycles. The lowest BCUT2D eigenvalue weighted by Crippen LogP contribution is -2.24. The van der Waals surface area contributed by atoms with Gasteiger partial charge in [-0.1, -0.05) is 13.0 Å². The number of hydrogen-bond acceptors (Lipinski definition) is 4. The van der Waals surface area contributed by atoms with E-state index in [2.05, 4.69) is 18.3 Å². The van der Waals surface area contributed by atoms with E-state index in [1.807, 2.05) is 18.4 Å². The van der Waals surface area contributed by atoms with Crippen LogP contribution in [0, 0.1) is 0 Å². The van der Waals surface area contributed by atoms with E-state index < -0.39 is 0 Å². The van der Waals surface area contributed by atoms with E-state index in [0.717, 1.165) is 37.5 Å². The van der Waals surface area contributed by atoms with Gasteiger partial charge in [0.15, 0.2) is 11.5 Å². The van der Waals surface area contributed by atoms with Crippen molar-refractivity contribution >= 4 is 0 Å². The van der Waals surface area contributed by atoms with E-state index in [4.69, 9.17) is 14.2 Å². The lowest BCUT2D eigenvalue weighted by atomic mass is 9.95. The van der Waals surface area contributed by atoms with Crippen molar-refractivity contribution in [3.8, 4) is 11.5 Å². The molecule has 0 fully saturated rings. The predicted octanol–water partition coefficient (Wildman–Crippen LogP) is 3.05. The Bertz CT molecular complexity index is 471. The highest BCUT2D eigenvalue weighted by molar-refractivity contribution is 5.45. The zero-order chi connectivity index (χ0) is 14.4. The number of benzene rings is 1. The van der Waals surface area contributed by atoms with Gasteiger partial charge in [0.2, 0.25) is 0 Å². The van der Waals surface area contributed by atoms with Crippen LogP contribution in [0.25, 0.3) is 0 Å². The molecular weight excluding hydrogens is 254 g/mol. The molecule has 0 aromatic heterocycles. The Kier molecular flexibility index (Phi) is 5.30. The number of methoxy groups -OCH3 is 2. The predicted molar refractivity (Wildman–Crippen MR) is 79.2 cm³/mol. The van der Waals surface area contributed by atoms with Gasteiger partial charge in [-0.2, -0.15) is 0 Å². The van der Waals surface area contributed by atoms with Crippen LogP contribution in [0.15, 0.2) is 30.0 Å². The summed E-state index contributed by atoms with van der Waals surface area (Å²) in [7, 11) is 3.31. The number of rotatable bonds is 6. The van der Waals surface area contributed by atoms with Crippen molar-refractivity contribution in [2.24, 2.45) is 0 Å². The molecule has 1 heterocycles. The van der Waals surface area contributed by atoms with Gasteiger partial charge in [0.25, 0.3) is 0 Å². The Balaban J connectivity index is 2.31. The van der Waals surface area contributed by atoms with Crippen LogP contribution in [-0.4, -0.2) is 27.4 Å². The van der Waals surface area contributed by atoms with E-state index in [1.54, 1.807) is 14.2 Å². The minimum Gasteiger partial charge on any atom is -0.501 e. The average molecular weight is 277 g/mol. The lowest BCUT2D eigenvalue weighted by molar-refractivity contribution is 0.219. The zero-order valence-electron chi connectivity index (χ0n) is 12.4. The summed E-state index contributed by atoms with van der Waals surface area (Å²) in [5, 5.41) is 3.51. The molecular formula is C16H23NO3. The summed E-state index contributed by atoms with van der Waals surface area (Å²) in [6, 6.07) is 6.22. The van der Waals surface area contributed by atoms with Crippen LogP contribution < -0.4 is 14.8 Å². The molecule has 1 aliphatic heterocycles. The minimum absolute atomic E-state index is 0.167. The molecule has 1 atom stereocenters. The second-order valence-corrected chi connectivity index (χ2v) is 4.77. The van der Waals surface area contributed by atoms with Gasteiger partial charge in [0, 0.05) is 0 Å². The maximum absolute atomic E-state index is 5.47. The summed E-state index contributed by atoms with van der Waals surface area (Å²) in [4.78, 5) is 0. The maximum Gasteiger partial charge on any atom is 0.161 e. The van der Waals surface area contributed by atoms with Crippen LogP contribution in [0.1, 0.15) is 31.4 Å². The van der Waals surface area contributed by atoms with Crippen LogP contribution in [0.5, 0.6) is 11.5 Å². The van der Waals surface area contributed by atoms with E-state index in [1.165, 1.54) is 11.1 Å². The van der Waals surface area contributed by atoms with Gasteiger partial charge >= 0.3 is 0 Å². The molecule has 4 nitrogen and oxygen atoms in total. The molecule has 0 amide bonds. The Hall–Kier alpha value is -1.68. The molecule has 0 spiro atoms. The SMILES string of the molecule is CCNC(C1=COCCC1)c1ccc(OC)c(OC)c1. The lowest BCUT2D eigenvalue weighted by Gasteiger charge is -2.25. The largest absolute Gasteiger partial charge is 0.501 e. The van der Waals surface area contributed by atoms with Gasteiger partial charge in [0.1, 0.15) is 0 Å². The van der Waals surface area contributed by atoms with Crippen molar-refractivity contribution in [1.82, 2.24) is 5.32 Å². The molecule has 0 saturated heterocycles. The fourth-order valence-electron chi connectivity index (χ4n) is 2.50. The first-order valence-electron chi connectivity index (χ1n) is 7.06. The van der Waals surface area contributed by atoms with Crippen molar-refractivity contribution in [3.63, 3.8) is 0 Å². The van der Waals surface area contributed by atoms with Crippen molar-refractivity contribution < 1.29 is 14.2 Å².